The van der Waals surface area contributed by atoms with Crippen LogP contribution in [-0.4, -0.2) is 34.4 Å². The maximum atomic E-state index is 12.6. The summed E-state index contributed by atoms with van der Waals surface area (Å²) in [6.07, 6.45) is -0.0953. The van der Waals surface area contributed by atoms with E-state index in [4.69, 9.17) is 23.2 Å². The molecule has 0 aromatic heterocycles. The number of rotatable bonds is 10. The van der Waals surface area contributed by atoms with Gasteiger partial charge in [0.1, 0.15) is 0 Å². The van der Waals surface area contributed by atoms with E-state index in [9.17, 15) is 18.4 Å². The molecule has 0 saturated heterocycles. The lowest BCUT2D eigenvalue weighted by molar-refractivity contribution is 0.0951. The van der Waals surface area contributed by atoms with Crippen molar-refractivity contribution in [3.8, 4) is 0 Å². The summed E-state index contributed by atoms with van der Waals surface area (Å²) in [5, 5.41) is 6.29. The maximum Gasteiger partial charge on any atom is 0.407 e. The third-order valence-electron chi connectivity index (χ3n) is 5.32. The molecule has 1 unspecified atom stereocenters. The number of amides is 2. The predicted molar refractivity (Wildman–Crippen MR) is 142 cm³/mol. The number of hydrogen-bond acceptors (Lipinski definition) is 4. The first-order chi connectivity index (χ1) is 17.3. The van der Waals surface area contributed by atoms with Crippen molar-refractivity contribution in [3.05, 3.63) is 99.0 Å². The Morgan fingerprint density at radius 3 is 2.14 bits per heavy atom. The zero-order valence-corrected chi connectivity index (χ0v) is 21.7. The van der Waals surface area contributed by atoms with E-state index in [1.807, 2.05) is 30.3 Å². The first-order valence-electron chi connectivity index (χ1n) is 10.9. The number of alkyl carbamates (subject to hydrolysis) is 1. The molecule has 0 bridgehead atoms. The Bertz CT molecular complexity index is 1220. The molecule has 0 heterocycles. The number of methoxy groups -OCH3 is 1. The molecule has 0 radical (unpaired) electrons. The van der Waals surface area contributed by atoms with Gasteiger partial charge in [-0.2, -0.15) is 0 Å². The Morgan fingerprint density at radius 1 is 0.944 bits per heavy atom. The van der Waals surface area contributed by atoms with Crippen LogP contribution in [0.15, 0.2) is 66.7 Å². The molecule has 1 atom stereocenters. The minimum Gasteiger partial charge on any atom is -0.453 e. The molecule has 8 nitrogen and oxygen atoms in total. The quantitative estimate of drug-likeness (QED) is 0.309. The number of ether oxygens (including phenoxy) is 1. The summed E-state index contributed by atoms with van der Waals surface area (Å²) < 4.78 is 27.6. The summed E-state index contributed by atoms with van der Waals surface area (Å²) in [6.45, 7) is 0.881. The maximum absolute atomic E-state index is 12.6. The first-order valence-corrected chi connectivity index (χ1v) is 12.7. The third kappa shape index (κ3) is 7.69. The van der Waals surface area contributed by atoms with E-state index in [-0.39, 0.29) is 12.5 Å². The van der Waals surface area contributed by atoms with Gasteiger partial charge in [0, 0.05) is 25.2 Å². The summed E-state index contributed by atoms with van der Waals surface area (Å²) in [5.74, 6) is -0.277. The fourth-order valence-corrected chi connectivity index (χ4v) is 4.31. The van der Waals surface area contributed by atoms with Crippen molar-refractivity contribution in [3.63, 3.8) is 0 Å². The molecule has 0 saturated carbocycles. The van der Waals surface area contributed by atoms with Gasteiger partial charge in [-0.3, -0.25) is 13.7 Å². The van der Waals surface area contributed by atoms with Crippen LogP contribution in [0.25, 0.3) is 0 Å². The van der Waals surface area contributed by atoms with Crippen molar-refractivity contribution in [2.24, 2.45) is 0 Å². The van der Waals surface area contributed by atoms with Crippen LogP contribution in [0, 0.1) is 0 Å². The molecule has 0 spiro atoms. The van der Waals surface area contributed by atoms with E-state index in [0.29, 0.717) is 40.8 Å². The van der Waals surface area contributed by atoms with E-state index < -0.39 is 17.4 Å². The molecule has 3 aromatic carbocycles. The van der Waals surface area contributed by atoms with E-state index in [2.05, 4.69) is 15.4 Å². The minimum atomic E-state index is -2.27. The fraction of sp³-hybridized carbons (Fsp3) is 0.200. The smallest absolute Gasteiger partial charge is 0.407 e. The van der Waals surface area contributed by atoms with Gasteiger partial charge in [0.05, 0.1) is 22.8 Å². The zero-order chi connectivity index (χ0) is 26.1. The van der Waals surface area contributed by atoms with Crippen molar-refractivity contribution < 1.29 is 23.1 Å². The van der Waals surface area contributed by atoms with Crippen LogP contribution in [0.1, 0.15) is 27.0 Å². The average molecular weight is 550 g/mol. The van der Waals surface area contributed by atoms with Crippen LogP contribution in [0.4, 0.5) is 10.5 Å². The van der Waals surface area contributed by atoms with Crippen molar-refractivity contribution in [1.82, 2.24) is 10.6 Å². The number of anilines is 1. The minimum absolute atomic E-state index is 0.222. The van der Waals surface area contributed by atoms with Crippen LogP contribution in [0.5, 0.6) is 0 Å². The lowest BCUT2D eigenvalue weighted by atomic mass is 10.1. The van der Waals surface area contributed by atoms with Gasteiger partial charge in [-0.25, -0.2) is 9.00 Å². The second-order valence-corrected chi connectivity index (χ2v) is 9.37. The predicted octanol–water partition coefficient (Wildman–Crippen LogP) is 4.97. The van der Waals surface area contributed by atoms with E-state index in [1.54, 1.807) is 36.4 Å². The fourth-order valence-electron chi connectivity index (χ4n) is 3.35. The number of nitrogens with zero attached hydrogens (tertiary/aromatic N) is 1. The highest BCUT2D eigenvalue weighted by atomic mass is 35.5. The number of carbonyl (C=O) groups is 2. The molecule has 11 heteroatoms. The van der Waals surface area contributed by atoms with Gasteiger partial charge in [0.15, 0.2) is 0 Å². The molecule has 36 heavy (non-hydrogen) atoms. The van der Waals surface area contributed by atoms with Gasteiger partial charge >= 0.3 is 6.09 Å². The molecular formula is C25H25Cl2N3O5S. The van der Waals surface area contributed by atoms with Crippen LogP contribution in [-0.2, 0) is 35.5 Å². The molecule has 0 aliphatic rings. The largest absolute Gasteiger partial charge is 0.453 e. The van der Waals surface area contributed by atoms with Crippen molar-refractivity contribution in [1.29, 1.82) is 0 Å². The monoisotopic (exact) mass is 549 g/mol. The van der Waals surface area contributed by atoms with Crippen molar-refractivity contribution >= 4 is 52.2 Å². The van der Waals surface area contributed by atoms with Gasteiger partial charge < -0.3 is 15.4 Å². The summed E-state index contributed by atoms with van der Waals surface area (Å²) in [7, 11) is 1.30. The highest BCUT2D eigenvalue weighted by Crippen LogP contribution is 2.26. The van der Waals surface area contributed by atoms with Crippen LogP contribution < -0.4 is 14.9 Å². The van der Waals surface area contributed by atoms with E-state index >= 15 is 0 Å². The molecule has 0 aliphatic carbocycles. The Morgan fingerprint density at radius 2 is 1.56 bits per heavy atom. The molecule has 2 amide bonds. The Labute approximate surface area is 222 Å². The number of halogens is 2. The molecule has 3 rings (SSSR count). The third-order valence-corrected chi connectivity index (χ3v) is 6.95. The number of nitrogens with one attached hydrogen (secondary N) is 2. The zero-order valence-electron chi connectivity index (χ0n) is 19.4. The van der Waals surface area contributed by atoms with Gasteiger partial charge in [-0.05, 0) is 53.4 Å². The second kappa shape index (κ2) is 13.3. The van der Waals surface area contributed by atoms with Crippen molar-refractivity contribution in [2.75, 3.05) is 18.0 Å². The van der Waals surface area contributed by atoms with E-state index in [0.717, 1.165) is 16.7 Å². The normalized spacial score (nSPS) is 11.4. The Hall–Kier alpha value is -3.11. The number of benzene rings is 3. The first kappa shape index (κ1) is 27.5. The van der Waals surface area contributed by atoms with Crippen LogP contribution in [0.2, 0.25) is 10.0 Å². The SMILES string of the molecule is COC(=O)NCc1ccc(CNC(=O)c2ccc(N(CCc3cccc(Cl)c3Cl)S(=O)O)cc2)cc1. The standard InChI is InChI=1S/C25H25Cl2N3O5S/c1-35-25(32)29-16-18-7-5-17(6-8-18)15-28-24(31)20-9-11-21(12-10-20)30(36(33)34)14-13-19-3-2-4-22(26)23(19)27/h2-12H,13-16H2,1H3,(H,28,31)(H,29,32)(H,33,34). The number of hydrogen-bond donors (Lipinski definition) is 3. The molecular weight excluding hydrogens is 525 g/mol. The van der Waals surface area contributed by atoms with Gasteiger partial charge in [0.2, 0.25) is 0 Å². The molecule has 190 valence electrons. The van der Waals surface area contributed by atoms with Gasteiger partial charge in [-0.1, -0.05) is 59.6 Å². The van der Waals surface area contributed by atoms with Gasteiger partial charge in [0.25, 0.3) is 17.2 Å². The van der Waals surface area contributed by atoms with Crippen LogP contribution >= 0.6 is 23.2 Å². The molecule has 3 aromatic rings. The summed E-state index contributed by atoms with van der Waals surface area (Å²) in [4.78, 5) is 23.7. The highest BCUT2D eigenvalue weighted by Gasteiger charge is 2.15. The molecule has 0 aliphatic heterocycles. The van der Waals surface area contributed by atoms with Crippen LogP contribution in [0.3, 0.4) is 0 Å². The summed E-state index contributed by atoms with van der Waals surface area (Å²) >= 11 is 10.00. The summed E-state index contributed by atoms with van der Waals surface area (Å²) in [6, 6.07) is 19.1. The lowest BCUT2D eigenvalue weighted by Gasteiger charge is -2.20. The topological polar surface area (TPSA) is 108 Å². The second-order valence-electron chi connectivity index (χ2n) is 7.69. The highest BCUT2D eigenvalue weighted by molar-refractivity contribution is 7.80. The van der Waals surface area contributed by atoms with E-state index in [1.165, 1.54) is 11.4 Å². The molecule has 0 fully saturated rings. The molecule has 3 N–H and O–H groups in total. The van der Waals surface area contributed by atoms with Gasteiger partial charge in [-0.15, -0.1) is 0 Å². The average Bonchev–Trinajstić information content (AvgIpc) is 2.89. The Balaban J connectivity index is 1.56. The van der Waals surface area contributed by atoms with Crippen molar-refractivity contribution in [2.45, 2.75) is 19.5 Å². The lowest BCUT2D eigenvalue weighted by Crippen LogP contribution is -2.28. The summed E-state index contributed by atoms with van der Waals surface area (Å²) in [5.41, 5.74) is 3.46. The number of carbonyl (C=O) groups excluding carboxylic acids is 2. The Kier molecular flexibility index (Phi) is 10.1.